The summed E-state index contributed by atoms with van der Waals surface area (Å²) in [5.41, 5.74) is 4.14. The van der Waals surface area contributed by atoms with Crippen LogP contribution in [0.2, 0.25) is 5.02 Å². The molecular formula is C24H22ClNO3. The highest BCUT2D eigenvalue weighted by Crippen LogP contribution is 2.46. The number of benzene rings is 2. The Bertz CT molecular complexity index is 1010. The number of halogens is 1. The van der Waals surface area contributed by atoms with Gasteiger partial charge in [0, 0.05) is 34.3 Å². The highest BCUT2D eigenvalue weighted by Gasteiger charge is 2.44. The first kappa shape index (κ1) is 19.6. The molecule has 1 heterocycles. The maximum Gasteiger partial charge on any atom is 0.315 e. The van der Waals surface area contributed by atoms with Crippen molar-refractivity contribution < 1.29 is 14.3 Å². The molecule has 5 heteroatoms. The fourth-order valence-corrected chi connectivity index (χ4v) is 4.61. The second kappa shape index (κ2) is 7.96. The molecule has 4 rings (SSSR count). The quantitative estimate of drug-likeness (QED) is 0.666. The van der Waals surface area contributed by atoms with Gasteiger partial charge >= 0.3 is 5.97 Å². The van der Waals surface area contributed by atoms with E-state index < -0.39 is 5.92 Å². The molecule has 2 aliphatic rings. The fourth-order valence-electron chi connectivity index (χ4n) is 4.48. The van der Waals surface area contributed by atoms with E-state index in [1.165, 1.54) is 7.11 Å². The number of carbonyl (C=O) groups excluding carboxylic acids is 2. The summed E-state index contributed by atoms with van der Waals surface area (Å²) in [5, 5.41) is 0.674. The van der Waals surface area contributed by atoms with Gasteiger partial charge in [-0.2, -0.15) is 0 Å². The van der Waals surface area contributed by atoms with Crippen LogP contribution in [0.1, 0.15) is 42.7 Å². The van der Waals surface area contributed by atoms with E-state index in [2.05, 4.69) is 0 Å². The number of ketones is 1. The second-order valence-electron chi connectivity index (χ2n) is 7.58. The predicted octanol–water partition coefficient (Wildman–Crippen LogP) is 5.09. The average molecular weight is 408 g/mol. The summed E-state index contributed by atoms with van der Waals surface area (Å²) in [4.78, 5) is 30.7. The zero-order chi connectivity index (χ0) is 20.5. The second-order valence-corrected chi connectivity index (χ2v) is 8.02. The van der Waals surface area contributed by atoms with Crippen molar-refractivity contribution in [2.45, 2.75) is 31.6 Å². The fraction of sp³-hybridized carbons (Fsp3) is 0.292. The number of hydrogen-bond acceptors (Lipinski definition) is 4. The number of ether oxygens (including phenoxy) is 1. The molecule has 1 aliphatic carbocycles. The van der Waals surface area contributed by atoms with Crippen LogP contribution in [0.3, 0.4) is 0 Å². The minimum atomic E-state index is -0.586. The smallest absolute Gasteiger partial charge is 0.315 e. The highest BCUT2D eigenvalue weighted by molar-refractivity contribution is 6.30. The standard InChI is InChI=1S/C24H22ClNO3/c1-14-21(24(28)29-2)22(16-6-4-3-5-7-16)23-19(26-14)12-17(13-20(23)27)15-8-10-18(25)11-9-15/h3-11,17,21-22H,12-13H2,1-2H3/t17-,21?,22+/m0/s1. The zero-order valence-corrected chi connectivity index (χ0v) is 17.1. The number of methoxy groups -OCH3 is 1. The summed E-state index contributed by atoms with van der Waals surface area (Å²) in [6, 6.07) is 17.3. The lowest BCUT2D eigenvalue weighted by Gasteiger charge is -2.36. The lowest BCUT2D eigenvalue weighted by molar-refractivity contribution is -0.143. The Morgan fingerprint density at radius 3 is 2.38 bits per heavy atom. The van der Waals surface area contributed by atoms with E-state index in [9.17, 15) is 9.59 Å². The molecule has 29 heavy (non-hydrogen) atoms. The minimum Gasteiger partial charge on any atom is -0.468 e. The van der Waals surface area contributed by atoms with E-state index in [0.717, 1.165) is 16.8 Å². The van der Waals surface area contributed by atoms with Gasteiger partial charge in [-0.1, -0.05) is 54.1 Å². The van der Waals surface area contributed by atoms with Gasteiger partial charge in [0.15, 0.2) is 5.78 Å². The van der Waals surface area contributed by atoms with Crippen molar-refractivity contribution in [2.75, 3.05) is 7.11 Å². The van der Waals surface area contributed by atoms with Crippen molar-refractivity contribution in [3.8, 4) is 0 Å². The molecule has 3 atom stereocenters. The van der Waals surface area contributed by atoms with E-state index >= 15 is 0 Å². The van der Waals surface area contributed by atoms with Crippen LogP contribution in [0.4, 0.5) is 0 Å². The number of allylic oxidation sites excluding steroid dienone is 2. The van der Waals surface area contributed by atoms with Crippen LogP contribution < -0.4 is 0 Å². The molecule has 0 saturated heterocycles. The number of carbonyl (C=O) groups is 2. The van der Waals surface area contributed by atoms with E-state index in [4.69, 9.17) is 21.3 Å². The molecule has 0 fully saturated rings. The van der Waals surface area contributed by atoms with Gasteiger partial charge < -0.3 is 4.74 Å². The van der Waals surface area contributed by atoms with E-state index in [-0.39, 0.29) is 23.6 Å². The highest BCUT2D eigenvalue weighted by atomic mass is 35.5. The van der Waals surface area contributed by atoms with Crippen LogP contribution >= 0.6 is 11.6 Å². The van der Waals surface area contributed by atoms with Crippen LogP contribution in [0.5, 0.6) is 0 Å². The Morgan fingerprint density at radius 2 is 1.72 bits per heavy atom. The number of esters is 1. The summed E-state index contributed by atoms with van der Waals surface area (Å²) in [5.74, 6) is -1.21. The SMILES string of the molecule is COC(=O)C1C(C)=NC2=C(C(=O)C[C@@H](c3ccc(Cl)cc3)C2)[C@@H]1c1ccccc1. The monoisotopic (exact) mass is 407 g/mol. The van der Waals surface area contributed by atoms with Crippen LogP contribution in [0, 0.1) is 5.92 Å². The van der Waals surface area contributed by atoms with E-state index in [1.807, 2.05) is 61.5 Å². The van der Waals surface area contributed by atoms with Crippen LogP contribution in [-0.4, -0.2) is 24.6 Å². The van der Waals surface area contributed by atoms with Gasteiger partial charge in [0.25, 0.3) is 0 Å². The van der Waals surface area contributed by atoms with E-state index in [1.54, 1.807) is 0 Å². The molecule has 2 aromatic rings. The first-order valence-corrected chi connectivity index (χ1v) is 10.1. The van der Waals surface area contributed by atoms with Gasteiger partial charge in [-0.05, 0) is 42.5 Å². The van der Waals surface area contributed by atoms with E-state index in [0.29, 0.717) is 29.1 Å². The topological polar surface area (TPSA) is 55.7 Å². The number of aliphatic imine (C=N–C) groups is 1. The van der Waals surface area contributed by atoms with Crippen LogP contribution in [0.25, 0.3) is 0 Å². The summed E-state index contributed by atoms with van der Waals surface area (Å²) < 4.78 is 5.06. The molecule has 2 aromatic carbocycles. The molecule has 0 N–H and O–H groups in total. The largest absolute Gasteiger partial charge is 0.468 e. The van der Waals surface area contributed by atoms with Crippen LogP contribution in [0.15, 0.2) is 70.9 Å². The third-order valence-corrected chi connectivity index (χ3v) is 6.10. The van der Waals surface area contributed by atoms with Crippen molar-refractivity contribution in [1.29, 1.82) is 0 Å². The van der Waals surface area contributed by atoms with Crippen molar-refractivity contribution in [1.82, 2.24) is 0 Å². The Morgan fingerprint density at radius 1 is 1.03 bits per heavy atom. The molecule has 4 nitrogen and oxygen atoms in total. The number of rotatable bonds is 3. The van der Waals surface area contributed by atoms with Gasteiger partial charge in [-0.3, -0.25) is 14.6 Å². The minimum absolute atomic E-state index is 0.0465. The molecule has 148 valence electrons. The van der Waals surface area contributed by atoms with Crippen molar-refractivity contribution in [2.24, 2.45) is 10.9 Å². The van der Waals surface area contributed by atoms with Gasteiger partial charge in [-0.15, -0.1) is 0 Å². The summed E-state index contributed by atoms with van der Waals surface area (Å²) in [6.07, 6.45) is 1.06. The molecule has 0 radical (unpaired) electrons. The van der Waals surface area contributed by atoms with Crippen molar-refractivity contribution >= 4 is 29.1 Å². The maximum absolute atomic E-state index is 13.3. The Kier molecular flexibility index (Phi) is 5.37. The summed E-state index contributed by atoms with van der Waals surface area (Å²) >= 11 is 6.01. The molecule has 0 saturated carbocycles. The Hall–Kier alpha value is -2.72. The van der Waals surface area contributed by atoms with Crippen molar-refractivity contribution in [3.05, 3.63) is 82.0 Å². The first-order chi connectivity index (χ1) is 14.0. The van der Waals surface area contributed by atoms with Gasteiger partial charge in [-0.25, -0.2) is 0 Å². The predicted molar refractivity (Wildman–Crippen MR) is 113 cm³/mol. The normalized spacial score (nSPS) is 24.0. The molecule has 0 spiro atoms. The maximum atomic E-state index is 13.3. The molecular weight excluding hydrogens is 386 g/mol. The molecule has 0 bridgehead atoms. The van der Waals surface area contributed by atoms with Gasteiger partial charge in [0.1, 0.15) is 5.92 Å². The third kappa shape index (κ3) is 3.65. The number of hydrogen-bond donors (Lipinski definition) is 0. The molecule has 1 aliphatic heterocycles. The first-order valence-electron chi connectivity index (χ1n) is 9.69. The number of Topliss-reactive ketones (excluding diaryl/α,β-unsaturated/α-hetero) is 1. The lowest BCUT2D eigenvalue weighted by Crippen LogP contribution is -2.37. The number of nitrogens with zero attached hydrogens (tertiary/aromatic N) is 1. The van der Waals surface area contributed by atoms with Crippen molar-refractivity contribution in [3.63, 3.8) is 0 Å². The summed E-state index contributed by atoms with van der Waals surface area (Å²) in [6.45, 7) is 1.84. The lowest BCUT2D eigenvalue weighted by atomic mass is 9.69. The molecule has 1 unspecified atom stereocenters. The zero-order valence-electron chi connectivity index (χ0n) is 16.4. The van der Waals surface area contributed by atoms with Gasteiger partial charge in [0.05, 0.1) is 7.11 Å². The third-order valence-electron chi connectivity index (χ3n) is 5.84. The Labute approximate surface area is 175 Å². The molecule has 0 aromatic heterocycles. The molecule has 0 amide bonds. The van der Waals surface area contributed by atoms with Crippen LogP contribution in [-0.2, 0) is 14.3 Å². The Balaban J connectivity index is 1.79. The van der Waals surface area contributed by atoms with Gasteiger partial charge in [0.2, 0.25) is 0 Å². The summed E-state index contributed by atoms with van der Waals surface area (Å²) in [7, 11) is 1.38. The average Bonchev–Trinajstić information content (AvgIpc) is 2.73.